The van der Waals surface area contributed by atoms with Crippen LogP contribution < -0.4 is 25.4 Å². The van der Waals surface area contributed by atoms with Gasteiger partial charge >= 0.3 is 0 Å². The molecule has 0 aliphatic rings. The molecule has 0 fully saturated rings. The highest BCUT2D eigenvalue weighted by Gasteiger charge is 2.18. The molecule has 2 amide bonds. The van der Waals surface area contributed by atoms with E-state index >= 15 is 0 Å². The summed E-state index contributed by atoms with van der Waals surface area (Å²) in [7, 11) is 2.88. The van der Waals surface area contributed by atoms with Gasteiger partial charge in [-0.05, 0) is 36.5 Å². The molecule has 160 valence electrons. The molecule has 0 saturated heterocycles. The number of nitrogens with one attached hydrogen (secondary N) is 3. The molecule has 7 nitrogen and oxygen atoms in total. The van der Waals surface area contributed by atoms with Crippen LogP contribution in [-0.4, -0.2) is 31.1 Å². The molecule has 0 heterocycles. The van der Waals surface area contributed by atoms with E-state index in [-0.39, 0.29) is 38.3 Å². The highest BCUT2D eigenvalue weighted by molar-refractivity contribution is 7.80. The highest BCUT2D eigenvalue weighted by Crippen LogP contribution is 2.32. The van der Waals surface area contributed by atoms with Crippen LogP contribution in [0.25, 0.3) is 0 Å². The Morgan fingerprint density at radius 1 is 1.03 bits per heavy atom. The van der Waals surface area contributed by atoms with E-state index < -0.39 is 5.91 Å². The van der Waals surface area contributed by atoms with E-state index in [0.29, 0.717) is 17.1 Å². The number of hydrogen-bond acceptors (Lipinski definition) is 5. The van der Waals surface area contributed by atoms with Gasteiger partial charge in [-0.25, -0.2) is 0 Å². The number of amides is 2. The fourth-order valence-corrected chi connectivity index (χ4v) is 3.20. The number of carbonyl (C=O) groups is 2. The van der Waals surface area contributed by atoms with Gasteiger partial charge in [-0.3, -0.25) is 14.9 Å². The number of rotatable bonds is 6. The molecule has 0 aliphatic carbocycles. The maximum absolute atomic E-state index is 12.6. The Morgan fingerprint density at radius 3 is 2.33 bits per heavy atom. The van der Waals surface area contributed by atoms with Crippen LogP contribution in [0.3, 0.4) is 0 Å². The monoisotopic (exact) mass is 469 g/mol. The van der Waals surface area contributed by atoms with Gasteiger partial charge in [0.2, 0.25) is 5.91 Å². The van der Waals surface area contributed by atoms with Gasteiger partial charge in [-0.15, -0.1) is 0 Å². The van der Waals surface area contributed by atoms with E-state index in [0.717, 1.165) is 0 Å². The zero-order chi connectivity index (χ0) is 22.4. The van der Waals surface area contributed by atoms with E-state index in [2.05, 4.69) is 16.0 Å². The Morgan fingerprint density at radius 2 is 1.73 bits per heavy atom. The summed E-state index contributed by atoms with van der Waals surface area (Å²) in [4.78, 5) is 24.5. The molecular weight excluding hydrogens is 449 g/mol. The van der Waals surface area contributed by atoms with Crippen molar-refractivity contribution in [2.45, 2.75) is 13.8 Å². The zero-order valence-corrected chi connectivity index (χ0v) is 19.1. The van der Waals surface area contributed by atoms with Crippen LogP contribution >= 0.6 is 35.4 Å². The Bertz CT molecular complexity index is 983. The van der Waals surface area contributed by atoms with Crippen LogP contribution in [0, 0.1) is 5.92 Å². The van der Waals surface area contributed by atoms with Crippen LogP contribution in [0.1, 0.15) is 24.2 Å². The molecule has 30 heavy (non-hydrogen) atoms. The van der Waals surface area contributed by atoms with Crippen molar-refractivity contribution in [2.75, 3.05) is 24.9 Å². The van der Waals surface area contributed by atoms with Crippen molar-refractivity contribution in [3.05, 3.63) is 45.9 Å². The van der Waals surface area contributed by atoms with Gasteiger partial charge in [-0.2, -0.15) is 0 Å². The second-order valence-electron chi connectivity index (χ2n) is 6.44. The normalized spacial score (nSPS) is 10.4. The lowest BCUT2D eigenvalue weighted by molar-refractivity contribution is -0.118. The molecule has 10 heteroatoms. The van der Waals surface area contributed by atoms with Crippen LogP contribution in [0.5, 0.6) is 11.5 Å². The smallest absolute Gasteiger partial charge is 0.261 e. The number of methoxy groups -OCH3 is 2. The third-order valence-electron chi connectivity index (χ3n) is 3.93. The Balaban J connectivity index is 2.13. The first-order valence-corrected chi connectivity index (χ1v) is 9.97. The second-order valence-corrected chi connectivity index (χ2v) is 7.69. The predicted molar refractivity (Wildman–Crippen MR) is 123 cm³/mol. The van der Waals surface area contributed by atoms with Crippen LogP contribution in [0.4, 0.5) is 11.4 Å². The summed E-state index contributed by atoms with van der Waals surface area (Å²) in [6.07, 6.45) is 0. The Labute approximate surface area is 190 Å². The Kier molecular flexibility index (Phi) is 8.28. The largest absolute Gasteiger partial charge is 0.494 e. The first kappa shape index (κ1) is 23.7. The minimum atomic E-state index is -0.540. The fraction of sp³-hybridized carbons (Fsp3) is 0.250. The molecule has 2 aromatic carbocycles. The van der Waals surface area contributed by atoms with Gasteiger partial charge in [0.1, 0.15) is 11.5 Å². The van der Waals surface area contributed by atoms with E-state index in [9.17, 15) is 9.59 Å². The summed E-state index contributed by atoms with van der Waals surface area (Å²) in [5, 5.41) is 8.75. The number of benzene rings is 2. The summed E-state index contributed by atoms with van der Waals surface area (Å²) in [6.45, 7) is 3.59. The number of halogens is 2. The molecule has 3 N–H and O–H groups in total. The van der Waals surface area contributed by atoms with Gasteiger partial charge in [0.05, 0.1) is 30.5 Å². The maximum Gasteiger partial charge on any atom is 0.261 e. The molecular formula is C20H21Cl2N3O4S. The predicted octanol–water partition coefficient (Wildman–Crippen LogP) is 4.73. The van der Waals surface area contributed by atoms with E-state index in [4.69, 9.17) is 44.9 Å². The quantitative estimate of drug-likeness (QED) is 0.529. The molecule has 0 aromatic heterocycles. The van der Waals surface area contributed by atoms with E-state index in [1.807, 2.05) is 0 Å². The average Bonchev–Trinajstić information content (AvgIpc) is 2.68. The van der Waals surface area contributed by atoms with Crippen LogP contribution in [0.2, 0.25) is 10.0 Å². The topological polar surface area (TPSA) is 88.7 Å². The molecule has 0 atom stereocenters. The first-order valence-electron chi connectivity index (χ1n) is 8.80. The molecule has 0 bridgehead atoms. The van der Waals surface area contributed by atoms with Crippen LogP contribution in [-0.2, 0) is 4.79 Å². The SMILES string of the molecule is COc1cc(NC(=S)NC(=O)c2cc(Cl)cc(Cl)c2OC)ccc1NC(=O)C(C)C. The fourth-order valence-electron chi connectivity index (χ4n) is 2.42. The van der Waals surface area contributed by atoms with Crippen molar-refractivity contribution in [3.8, 4) is 11.5 Å². The molecule has 2 rings (SSSR count). The summed E-state index contributed by atoms with van der Waals surface area (Å²) in [5.41, 5.74) is 1.22. The number of thiocarbonyl (C=S) groups is 1. The van der Waals surface area contributed by atoms with Crippen molar-refractivity contribution < 1.29 is 19.1 Å². The summed E-state index contributed by atoms with van der Waals surface area (Å²) in [5.74, 6) is -0.223. The molecule has 2 aromatic rings. The number of hydrogen-bond donors (Lipinski definition) is 3. The molecule has 0 aliphatic heterocycles. The van der Waals surface area contributed by atoms with Crippen LogP contribution in [0.15, 0.2) is 30.3 Å². The first-order chi connectivity index (χ1) is 14.2. The lowest BCUT2D eigenvalue weighted by atomic mass is 10.2. The minimum absolute atomic E-state index is 0.0409. The van der Waals surface area contributed by atoms with Gasteiger partial charge in [-0.1, -0.05) is 37.0 Å². The summed E-state index contributed by atoms with van der Waals surface area (Å²) >= 11 is 17.3. The third-order valence-corrected chi connectivity index (χ3v) is 4.63. The van der Waals surface area contributed by atoms with E-state index in [1.54, 1.807) is 32.0 Å². The number of carbonyl (C=O) groups excluding carboxylic acids is 2. The van der Waals surface area contributed by atoms with Gasteiger partial charge in [0.15, 0.2) is 5.11 Å². The lowest BCUT2D eigenvalue weighted by Gasteiger charge is -2.15. The standard InChI is InChI=1S/C20H21Cl2N3O4S/c1-10(2)18(26)24-15-6-5-12(9-16(15)28-3)23-20(30)25-19(27)13-7-11(21)8-14(22)17(13)29-4/h5-10H,1-4H3,(H,24,26)(H2,23,25,27,30). The van der Waals surface area contributed by atoms with E-state index in [1.165, 1.54) is 26.4 Å². The van der Waals surface area contributed by atoms with Crippen molar-refractivity contribution in [1.82, 2.24) is 5.32 Å². The van der Waals surface area contributed by atoms with Crippen molar-refractivity contribution >= 4 is 63.7 Å². The highest BCUT2D eigenvalue weighted by atomic mass is 35.5. The van der Waals surface area contributed by atoms with Gasteiger partial charge in [0.25, 0.3) is 5.91 Å². The maximum atomic E-state index is 12.6. The molecule has 0 spiro atoms. The number of anilines is 2. The molecule has 0 unspecified atom stereocenters. The minimum Gasteiger partial charge on any atom is -0.494 e. The second kappa shape index (κ2) is 10.5. The molecule has 0 saturated carbocycles. The third kappa shape index (κ3) is 5.98. The summed E-state index contributed by atoms with van der Waals surface area (Å²) < 4.78 is 10.5. The van der Waals surface area contributed by atoms with Gasteiger partial charge < -0.3 is 20.1 Å². The summed E-state index contributed by atoms with van der Waals surface area (Å²) in [6, 6.07) is 7.91. The Hall–Kier alpha value is -2.55. The van der Waals surface area contributed by atoms with Crippen molar-refractivity contribution in [3.63, 3.8) is 0 Å². The lowest BCUT2D eigenvalue weighted by Crippen LogP contribution is -2.34. The van der Waals surface area contributed by atoms with Gasteiger partial charge in [0, 0.05) is 22.7 Å². The number of ether oxygens (including phenoxy) is 2. The zero-order valence-electron chi connectivity index (χ0n) is 16.8. The van der Waals surface area contributed by atoms with Crippen molar-refractivity contribution in [2.24, 2.45) is 5.92 Å². The van der Waals surface area contributed by atoms with Crippen molar-refractivity contribution in [1.29, 1.82) is 0 Å². The molecule has 0 radical (unpaired) electrons. The average molecular weight is 470 g/mol.